The molecule has 1 aromatic heterocycles. The lowest BCUT2D eigenvalue weighted by molar-refractivity contribution is -0.140. The molecule has 2 nitrogen and oxygen atoms in total. The normalized spacial score (nSPS) is 11.6. The molecular weight excluding hydrogens is 250 g/mol. The fourth-order valence-corrected chi connectivity index (χ4v) is 1.16. The van der Waals surface area contributed by atoms with Crippen molar-refractivity contribution >= 4 is 0 Å². The minimum Gasteiger partial charge on any atom is -0.218 e. The highest BCUT2D eigenvalue weighted by Crippen LogP contribution is 2.33. The van der Waals surface area contributed by atoms with E-state index in [1.165, 1.54) is 6.07 Å². The van der Waals surface area contributed by atoms with E-state index in [4.69, 9.17) is 5.26 Å². The smallest absolute Gasteiger partial charge is 0.218 e. The molecule has 0 aliphatic carbocycles. The maximum absolute atomic E-state index is 12.9. The Labute approximate surface area is 91.5 Å². The van der Waals surface area contributed by atoms with E-state index < -0.39 is 41.8 Å². The molecule has 0 fully saturated rings. The Morgan fingerprint density at radius 3 is 2.35 bits per heavy atom. The summed E-state index contributed by atoms with van der Waals surface area (Å²) in [5.41, 5.74) is -3.53. The van der Waals surface area contributed by atoms with E-state index in [1.807, 2.05) is 0 Å². The molecule has 0 radical (unpaired) electrons. The van der Waals surface area contributed by atoms with Crippen molar-refractivity contribution in [1.29, 1.82) is 5.26 Å². The summed E-state index contributed by atoms with van der Waals surface area (Å²) in [5.74, 6) is -2.02. The lowest BCUT2D eigenvalue weighted by Crippen LogP contribution is -2.13. The van der Waals surface area contributed by atoms with Crippen LogP contribution in [0.4, 0.5) is 26.3 Å². The lowest BCUT2D eigenvalue weighted by atomic mass is 10.1. The monoisotopic (exact) mass is 254 g/mol. The molecule has 0 bridgehead atoms. The lowest BCUT2D eigenvalue weighted by Gasteiger charge is -2.11. The molecule has 1 aromatic rings. The molecule has 0 N–H and O–H groups in total. The second-order valence-corrected chi connectivity index (χ2v) is 3.00. The van der Waals surface area contributed by atoms with Crippen LogP contribution in [0.3, 0.4) is 0 Å². The largest absolute Gasteiger partial charge is 0.420 e. The standard InChI is InChI=1S/C9H4F6N2/c10-7(11)6-4(1-2-16)3-5(8(12)17-6)9(13,14)15/h3,7H,1H2. The number of aromatic nitrogens is 1. The molecule has 0 spiro atoms. The predicted molar refractivity (Wildman–Crippen MR) is 43.5 cm³/mol. The molecular formula is C9H4F6N2. The van der Waals surface area contributed by atoms with Gasteiger partial charge in [-0.2, -0.15) is 22.8 Å². The first-order chi connectivity index (χ1) is 7.77. The maximum Gasteiger partial charge on any atom is 0.420 e. The van der Waals surface area contributed by atoms with Crippen LogP contribution in [-0.4, -0.2) is 4.98 Å². The van der Waals surface area contributed by atoms with Crippen LogP contribution in [0, 0.1) is 17.3 Å². The molecule has 1 rings (SSSR count). The van der Waals surface area contributed by atoms with Gasteiger partial charge in [-0.05, 0) is 11.6 Å². The third-order valence-corrected chi connectivity index (χ3v) is 1.87. The van der Waals surface area contributed by atoms with Gasteiger partial charge in [-0.3, -0.25) is 0 Å². The van der Waals surface area contributed by atoms with Gasteiger partial charge in [0.2, 0.25) is 5.95 Å². The van der Waals surface area contributed by atoms with Gasteiger partial charge < -0.3 is 0 Å². The summed E-state index contributed by atoms with van der Waals surface area (Å²) in [7, 11) is 0. The molecule has 0 saturated carbocycles. The van der Waals surface area contributed by atoms with Crippen molar-refractivity contribution in [3.63, 3.8) is 0 Å². The average Bonchev–Trinajstić information content (AvgIpc) is 2.18. The summed E-state index contributed by atoms with van der Waals surface area (Å²) in [5, 5.41) is 8.29. The van der Waals surface area contributed by atoms with E-state index in [0.717, 1.165) is 0 Å². The molecule has 0 saturated heterocycles. The Hall–Kier alpha value is -1.78. The van der Waals surface area contributed by atoms with Crippen molar-refractivity contribution in [1.82, 2.24) is 4.98 Å². The molecule has 0 aliphatic heterocycles. The molecule has 0 unspecified atom stereocenters. The van der Waals surface area contributed by atoms with Gasteiger partial charge in [0.15, 0.2) is 0 Å². The summed E-state index contributed by atoms with van der Waals surface area (Å²) in [6.45, 7) is 0. The van der Waals surface area contributed by atoms with Crippen molar-refractivity contribution in [3.05, 3.63) is 28.8 Å². The first-order valence-electron chi connectivity index (χ1n) is 4.19. The van der Waals surface area contributed by atoms with E-state index in [9.17, 15) is 26.3 Å². The molecule has 0 amide bonds. The predicted octanol–water partition coefficient (Wildman–Crippen LogP) is 3.24. The van der Waals surface area contributed by atoms with Crippen LogP contribution in [-0.2, 0) is 12.6 Å². The molecule has 17 heavy (non-hydrogen) atoms. The van der Waals surface area contributed by atoms with E-state index in [2.05, 4.69) is 4.98 Å². The summed E-state index contributed by atoms with van der Waals surface area (Å²) in [6, 6.07) is 1.60. The van der Waals surface area contributed by atoms with Crippen LogP contribution < -0.4 is 0 Å². The van der Waals surface area contributed by atoms with Gasteiger partial charge in [0.25, 0.3) is 6.43 Å². The quantitative estimate of drug-likeness (QED) is 0.600. The number of nitrogens with zero attached hydrogens (tertiary/aromatic N) is 2. The zero-order chi connectivity index (χ0) is 13.2. The van der Waals surface area contributed by atoms with Gasteiger partial charge >= 0.3 is 6.18 Å². The number of pyridine rings is 1. The maximum atomic E-state index is 12.9. The Bertz CT molecular complexity index is 460. The molecule has 0 aromatic carbocycles. The van der Waals surface area contributed by atoms with Gasteiger partial charge in [-0.15, -0.1) is 0 Å². The number of alkyl halides is 5. The average molecular weight is 254 g/mol. The fourth-order valence-electron chi connectivity index (χ4n) is 1.16. The van der Waals surface area contributed by atoms with Crippen LogP contribution >= 0.6 is 0 Å². The number of hydrogen-bond donors (Lipinski definition) is 0. The van der Waals surface area contributed by atoms with Crippen LogP contribution in [0.1, 0.15) is 23.2 Å². The van der Waals surface area contributed by atoms with E-state index in [-0.39, 0.29) is 6.07 Å². The number of halogens is 6. The van der Waals surface area contributed by atoms with Crippen molar-refractivity contribution in [3.8, 4) is 6.07 Å². The van der Waals surface area contributed by atoms with Gasteiger partial charge in [-0.1, -0.05) is 0 Å². The number of nitriles is 1. The first-order valence-corrected chi connectivity index (χ1v) is 4.19. The van der Waals surface area contributed by atoms with Crippen molar-refractivity contribution in [2.45, 2.75) is 19.0 Å². The Morgan fingerprint density at radius 2 is 1.94 bits per heavy atom. The van der Waals surface area contributed by atoms with Crippen molar-refractivity contribution < 1.29 is 26.3 Å². The van der Waals surface area contributed by atoms with Gasteiger partial charge in [0.1, 0.15) is 11.3 Å². The van der Waals surface area contributed by atoms with Gasteiger partial charge in [-0.25, -0.2) is 13.8 Å². The molecule has 0 aliphatic rings. The van der Waals surface area contributed by atoms with Crippen molar-refractivity contribution in [2.75, 3.05) is 0 Å². The third-order valence-electron chi connectivity index (χ3n) is 1.87. The zero-order valence-electron chi connectivity index (χ0n) is 8.02. The summed E-state index contributed by atoms with van der Waals surface area (Å²) < 4.78 is 74.3. The van der Waals surface area contributed by atoms with E-state index in [0.29, 0.717) is 0 Å². The second kappa shape index (κ2) is 4.61. The Balaban J connectivity index is 3.41. The summed E-state index contributed by atoms with van der Waals surface area (Å²) >= 11 is 0. The van der Waals surface area contributed by atoms with Crippen molar-refractivity contribution in [2.24, 2.45) is 0 Å². The van der Waals surface area contributed by atoms with E-state index in [1.54, 1.807) is 0 Å². The minimum absolute atomic E-state index is 0.188. The summed E-state index contributed by atoms with van der Waals surface area (Å²) in [6.07, 6.45) is -8.98. The van der Waals surface area contributed by atoms with Gasteiger partial charge in [0, 0.05) is 0 Å². The molecule has 92 valence electrons. The van der Waals surface area contributed by atoms with Crippen LogP contribution in [0.2, 0.25) is 0 Å². The van der Waals surface area contributed by atoms with Crippen LogP contribution in [0.5, 0.6) is 0 Å². The highest BCUT2D eigenvalue weighted by atomic mass is 19.4. The highest BCUT2D eigenvalue weighted by molar-refractivity contribution is 5.30. The van der Waals surface area contributed by atoms with Crippen LogP contribution in [0.15, 0.2) is 6.07 Å². The van der Waals surface area contributed by atoms with E-state index >= 15 is 0 Å². The summed E-state index contributed by atoms with van der Waals surface area (Å²) in [4.78, 5) is 2.57. The molecule has 1 heterocycles. The molecule has 0 atom stereocenters. The first kappa shape index (κ1) is 13.3. The van der Waals surface area contributed by atoms with Gasteiger partial charge in [0.05, 0.1) is 12.5 Å². The van der Waals surface area contributed by atoms with Crippen LogP contribution in [0.25, 0.3) is 0 Å². The Morgan fingerprint density at radius 1 is 1.35 bits per heavy atom. The highest BCUT2D eigenvalue weighted by Gasteiger charge is 2.36. The zero-order valence-corrected chi connectivity index (χ0v) is 8.02. The minimum atomic E-state index is -5.04. The second-order valence-electron chi connectivity index (χ2n) is 3.00. The number of hydrogen-bond acceptors (Lipinski definition) is 2. The SMILES string of the molecule is N#CCc1cc(C(F)(F)F)c(F)nc1C(F)F. The topological polar surface area (TPSA) is 36.7 Å². The third kappa shape index (κ3) is 2.87. The Kier molecular flexibility index (Phi) is 3.60. The molecule has 8 heteroatoms. The number of rotatable bonds is 2. The fraction of sp³-hybridized carbons (Fsp3) is 0.333.